The Hall–Kier alpha value is -3.44. The number of aromatic nitrogens is 2. The van der Waals surface area contributed by atoms with Gasteiger partial charge >= 0.3 is 0 Å². The summed E-state index contributed by atoms with van der Waals surface area (Å²) in [5.41, 5.74) is 11.0. The summed E-state index contributed by atoms with van der Waals surface area (Å²) in [6.45, 7) is 3.96. The van der Waals surface area contributed by atoms with Crippen LogP contribution in [0.25, 0.3) is 33.3 Å². The van der Waals surface area contributed by atoms with Crippen molar-refractivity contribution in [3.05, 3.63) is 77.1 Å². The molecular formula is C32H34N4O. The molecule has 188 valence electrons. The number of H-pyrrole nitrogens is 1. The molecule has 1 atom stereocenters. The zero-order valence-electron chi connectivity index (χ0n) is 21.6. The van der Waals surface area contributed by atoms with Crippen LogP contribution in [-0.2, 0) is 13.0 Å². The predicted octanol–water partition coefficient (Wildman–Crippen LogP) is 6.39. The molecule has 1 N–H and O–H groups in total. The second kappa shape index (κ2) is 9.14. The van der Waals surface area contributed by atoms with Gasteiger partial charge in [-0.3, -0.25) is 4.79 Å². The number of hydrogen-bond acceptors (Lipinski definition) is 3. The number of nitrogens with zero attached hydrogens (tertiary/aromatic N) is 3. The highest BCUT2D eigenvalue weighted by Gasteiger charge is 2.29. The van der Waals surface area contributed by atoms with E-state index in [-0.39, 0.29) is 5.91 Å². The number of aryl methyl sites for hydroxylation is 1. The van der Waals surface area contributed by atoms with Crippen molar-refractivity contribution in [1.82, 2.24) is 19.8 Å². The number of benzene rings is 2. The Balaban J connectivity index is 1.23. The Kier molecular flexibility index (Phi) is 5.62. The third kappa shape index (κ3) is 4.06. The first-order chi connectivity index (χ1) is 18.1. The van der Waals surface area contributed by atoms with Crippen molar-refractivity contribution in [2.24, 2.45) is 0 Å². The Bertz CT molecular complexity index is 1480. The smallest absolute Gasteiger partial charge is 0.253 e. The molecule has 4 aromatic rings. The summed E-state index contributed by atoms with van der Waals surface area (Å²) < 4.78 is 0. The summed E-state index contributed by atoms with van der Waals surface area (Å²) in [7, 11) is 2.25. The van der Waals surface area contributed by atoms with Crippen LogP contribution in [0.3, 0.4) is 0 Å². The molecule has 37 heavy (non-hydrogen) atoms. The molecule has 1 amide bonds. The lowest BCUT2D eigenvalue weighted by Crippen LogP contribution is -2.35. The van der Waals surface area contributed by atoms with Gasteiger partial charge in [0.25, 0.3) is 5.91 Å². The number of likely N-dealkylation sites (tertiary alicyclic amines) is 1. The first kappa shape index (κ1) is 22.7. The van der Waals surface area contributed by atoms with Gasteiger partial charge < -0.3 is 14.8 Å². The van der Waals surface area contributed by atoms with E-state index in [2.05, 4.69) is 47.3 Å². The van der Waals surface area contributed by atoms with Crippen LogP contribution >= 0.6 is 0 Å². The number of nitrogens with one attached hydrogen (secondary N) is 1. The van der Waals surface area contributed by atoms with Gasteiger partial charge in [0.15, 0.2) is 0 Å². The molecule has 3 aliphatic rings. The van der Waals surface area contributed by atoms with E-state index in [1.165, 1.54) is 48.9 Å². The molecule has 1 aliphatic carbocycles. The van der Waals surface area contributed by atoms with E-state index in [9.17, 15) is 4.79 Å². The fourth-order valence-electron chi connectivity index (χ4n) is 6.88. The summed E-state index contributed by atoms with van der Waals surface area (Å²) in [4.78, 5) is 25.5. The average Bonchev–Trinajstić information content (AvgIpc) is 3.36. The summed E-state index contributed by atoms with van der Waals surface area (Å²) in [5.74, 6) is 0.839. The topological polar surface area (TPSA) is 52.2 Å². The van der Waals surface area contributed by atoms with E-state index in [0.717, 1.165) is 60.2 Å². The van der Waals surface area contributed by atoms with Crippen LogP contribution in [0.1, 0.15) is 65.1 Å². The zero-order valence-corrected chi connectivity index (χ0v) is 21.6. The Morgan fingerprint density at radius 1 is 0.946 bits per heavy atom. The molecule has 1 unspecified atom stereocenters. The van der Waals surface area contributed by atoms with Crippen molar-refractivity contribution in [3.63, 3.8) is 0 Å². The molecule has 0 spiro atoms. The third-order valence-corrected chi connectivity index (χ3v) is 8.68. The number of carbonyl (C=O) groups is 1. The maximum Gasteiger partial charge on any atom is 0.253 e. The summed E-state index contributed by atoms with van der Waals surface area (Å²) in [6, 6.07) is 15.2. The van der Waals surface area contributed by atoms with Crippen LogP contribution in [0.4, 0.5) is 0 Å². The SMILES string of the molecule is CN1Cc2cc(-c3cnc4[nH]cc(-c5ccc(C(=O)N6CCCCC6)cc5)c4c3)cc3c2C(CCC3)C1. The van der Waals surface area contributed by atoms with Crippen molar-refractivity contribution in [2.45, 2.75) is 51.0 Å². The maximum atomic E-state index is 12.9. The number of likely N-dealkylation sites (N-methyl/N-ethyl adjacent to an activating group) is 1. The van der Waals surface area contributed by atoms with E-state index >= 15 is 0 Å². The van der Waals surface area contributed by atoms with Gasteiger partial charge in [-0.1, -0.05) is 18.2 Å². The fourth-order valence-corrected chi connectivity index (χ4v) is 6.88. The predicted molar refractivity (Wildman–Crippen MR) is 149 cm³/mol. The van der Waals surface area contributed by atoms with Crippen molar-refractivity contribution in [3.8, 4) is 22.3 Å². The lowest BCUT2D eigenvalue weighted by Gasteiger charge is -2.37. The lowest BCUT2D eigenvalue weighted by atomic mass is 9.76. The number of piperidine rings is 1. The van der Waals surface area contributed by atoms with E-state index in [1.54, 1.807) is 11.1 Å². The molecule has 0 radical (unpaired) electrons. The number of carbonyl (C=O) groups excluding carboxylic acids is 1. The normalized spacial score (nSPS) is 19.7. The molecule has 2 aromatic heterocycles. The van der Waals surface area contributed by atoms with Gasteiger partial charge in [-0.05, 0) is 104 Å². The molecule has 0 bridgehead atoms. The van der Waals surface area contributed by atoms with E-state index < -0.39 is 0 Å². The number of hydrogen-bond donors (Lipinski definition) is 1. The van der Waals surface area contributed by atoms with Gasteiger partial charge in [0.2, 0.25) is 0 Å². The monoisotopic (exact) mass is 490 g/mol. The number of pyridine rings is 1. The molecule has 0 saturated carbocycles. The highest BCUT2D eigenvalue weighted by Crippen LogP contribution is 2.41. The first-order valence-corrected chi connectivity index (χ1v) is 13.9. The highest BCUT2D eigenvalue weighted by molar-refractivity contribution is 5.98. The van der Waals surface area contributed by atoms with Gasteiger partial charge in [0.1, 0.15) is 5.65 Å². The van der Waals surface area contributed by atoms with Crippen molar-refractivity contribution >= 4 is 16.9 Å². The molecule has 2 aliphatic heterocycles. The molecular weight excluding hydrogens is 456 g/mol. The molecule has 1 saturated heterocycles. The van der Waals surface area contributed by atoms with Crippen molar-refractivity contribution in [2.75, 3.05) is 26.7 Å². The van der Waals surface area contributed by atoms with Crippen molar-refractivity contribution < 1.29 is 4.79 Å². The molecule has 4 heterocycles. The largest absolute Gasteiger partial charge is 0.346 e. The van der Waals surface area contributed by atoms with Gasteiger partial charge in [-0.2, -0.15) is 0 Å². The first-order valence-electron chi connectivity index (χ1n) is 13.9. The van der Waals surface area contributed by atoms with Crippen LogP contribution in [0, 0.1) is 0 Å². The number of fused-ring (bicyclic) bond motifs is 1. The molecule has 5 nitrogen and oxygen atoms in total. The van der Waals surface area contributed by atoms with E-state index in [4.69, 9.17) is 4.98 Å². The minimum Gasteiger partial charge on any atom is -0.346 e. The van der Waals surface area contributed by atoms with Crippen LogP contribution in [-0.4, -0.2) is 52.4 Å². The van der Waals surface area contributed by atoms with Gasteiger partial charge in [-0.25, -0.2) is 4.98 Å². The minimum absolute atomic E-state index is 0.151. The van der Waals surface area contributed by atoms with E-state index in [0.29, 0.717) is 5.92 Å². The lowest BCUT2D eigenvalue weighted by molar-refractivity contribution is 0.0724. The number of rotatable bonds is 3. The summed E-state index contributed by atoms with van der Waals surface area (Å²) in [6.07, 6.45) is 11.3. The number of amides is 1. The second-order valence-corrected chi connectivity index (χ2v) is 11.2. The Morgan fingerprint density at radius 3 is 2.59 bits per heavy atom. The van der Waals surface area contributed by atoms with Crippen LogP contribution in [0.5, 0.6) is 0 Å². The third-order valence-electron chi connectivity index (χ3n) is 8.68. The molecule has 2 aromatic carbocycles. The fraction of sp³-hybridized carbons (Fsp3) is 0.375. The Morgan fingerprint density at radius 2 is 1.76 bits per heavy atom. The average molecular weight is 491 g/mol. The van der Waals surface area contributed by atoms with Crippen LogP contribution < -0.4 is 0 Å². The zero-order chi connectivity index (χ0) is 24.9. The maximum absolute atomic E-state index is 12.9. The summed E-state index contributed by atoms with van der Waals surface area (Å²) >= 11 is 0. The van der Waals surface area contributed by atoms with Gasteiger partial charge in [-0.15, -0.1) is 0 Å². The standard InChI is InChI=1S/C32H34N4O/c1-35-19-24-7-5-6-23-14-25(15-27(20-35)30(23)24)26-16-28-29(18-34-31(28)33-17-26)21-8-10-22(11-9-21)32(37)36-12-3-2-4-13-36/h8-11,14-18,24H,2-7,12-13,19-20H2,1H3,(H,33,34). The molecule has 1 fully saturated rings. The molecule has 7 rings (SSSR count). The minimum atomic E-state index is 0.151. The number of aromatic amines is 1. The van der Waals surface area contributed by atoms with E-state index in [1.807, 2.05) is 29.4 Å². The Labute approximate surface area is 218 Å². The summed E-state index contributed by atoms with van der Waals surface area (Å²) in [5, 5.41) is 1.12. The van der Waals surface area contributed by atoms with Crippen LogP contribution in [0.2, 0.25) is 0 Å². The van der Waals surface area contributed by atoms with Gasteiger partial charge in [0, 0.05) is 60.6 Å². The van der Waals surface area contributed by atoms with Crippen LogP contribution in [0.15, 0.2) is 54.9 Å². The molecule has 5 heteroatoms. The van der Waals surface area contributed by atoms with Crippen molar-refractivity contribution in [1.29, 1.82) is 0 Å². The van der Waals surface area contributed by atoms with Gasteiger partial charge in [0.05, 0.1) is 0 Å². The quantitative estimate of drug-likeness (QED) is 0.362. The second-order valence-electron chi connectivity index (χ2n) is 11.2. The highest BCUT2D eigenvalue weighted by atomic mass is 16.2.